The quantitative estimate of drug-likeness (QED) is 0.678. The number of hydrogen-bond donors (Lipinski definition) is 1. The van der Waals surface area contributed by atoms with Crippen LogP contribution in [0.2, 0.25) is 5.02 Å². The molecule has 0 atom stereocenters. The Labute approximate surface area is 160 Å². The normalized spacial score (nSPS) is 10.4. The van der Waals surface area contributed by atoms with Gasteiger partial charge in [0.05, 0.1) is 21.3 Å². The molecule has 0 bridgehead atoms. The monoisotopic (exact) mass is 388 g/mol. The number of nitrogens with zero attached hydrogens (tertiary/aromatic N) is 1. The van der Waals surface area contributed by atoms with Crippen molar-refractivity contribution in [3.8, 4) is 28.5 Å². The van der Waals surface area contributed by atoms with Crippen molar-refractivity contribution in [1.82, 2.24) is 5.16 Å². The summed E-state index contributed by atoms with van der Waals surface area (Å²) in [7, 11) is 4.45. The lowest BCUT2D eigenvalue weighted by Gasteiger charge is -2.13. The number of hydrogen-bond acceptors (Lipinski definition) is 6. The molecular weight excluding hydrogens is 372 g/mol. The summed E-state index contributed by atoms with van der Waals surface area (Å²) < 4.78 is 21.0. The third kappa shape index (κ3) is 3.98. The number of amides is 1. The zero-order valence-corrected chi connectivity index (χ0v) is 15.7. The molecule has 27 heavy (non-hydrogen) atoms. The summed E-state index contributed by atoms with van der Waals surface area (Å²) in [6, 6.07) is 11.8. The van der Waals surface area contributed by atoms with Gasteiger partial charge in [0, 0.05) is 22.2 Å². The Hall–Kier alpha value is -3.19. The summed E-state index contributed by atoms with van der Waals surface area (Å²) in [4.78, 5) is 12.6. The highest BCUT2D eigenvalue weighted by molar-refractivity contribution is 6.30. The summed E-state index contributed by atoms with van der Waals surface area (Å²) in [5.74, 6) is 0.954. The van der Waals surface area contributed by atoms with Crippen LogP contribution in [-0.4, -0.2) is 32.4 Å². The van der Waals surface area contributed by atoms with Crippen molar-refractivity contribution >= 4 is 23.4 Å². The van der Waals surface area contributed by atoms with Gasteiger partial charge in [-0.2, -0.15) is 0 Å². The van der Waals surface area contributed by atoms with Crippen LogP contribution in [0.5, 0.6) is 17.2 Å². The lowest BCUT2D eigenvalue weighted by Crippen LogP contribution is -2.12. The third-order valence-electron chi connectivity index (χ3n) is 3.81. The topological polar surface area (TPSA) is 82.8 Å². The number of methoxy groups -OCH3 is 3. The van der Waals surface area contributed by atoms with Crippen molar-refractivity contribution in [3.05, 3.63) is 53.1 Å². The Bertz CT molecular complexity index is 928. The zero-order chi connectivity index (χ0) is 19.4. The molecule has 1 aromatic heterocycles. The van der Waals surface area contributed by atoms with E-state index in [1.54, 1.807) is 30.3 Å². The first kappa shape index (κ1) is 18.6. The Kier molecular flexibility index (Phi) is 5.52. The molecule has 0 aliphatic rings. The van der Waals surface area contributed by atoms with Gasteiger partial charge in [-0.15, -0.1) is 0 Å². The third-order valence-corrected chi connectivity index (χ3v) is 4.07. The molecule has 7 nitrogen and oxygen atoms in total. The number of carbonyl (C=O) groups excluding carboxylic acids is 1. The number of benzene rings is 2. The van der Waals surface area contributed by atoms with E-state index in [0.29, 0.717) is 33.5 Å². The minimum Gasteiger partial charge on any atom is -0.493 e. The van der Waals surface area contributed by atoms with Crippen LogP contribution in [0.3, 0.4) is 0 Å². The zero-order valence-electron chi connectivity index (χ0n) is 14.9. The van der Waals surface area contributed by atoms with E-state index >= 15 is 0 Å². The number of nitrogens with one attached hydrogen (secondary N) is 1. The molecule has 0 fully saturated rings. The Balaban J connectivity index is 1.82. The minimum atomic E-state index is -0.409. The standard InChI is InChI=1S/C19H17ClN2O5/c1-24-15-8-12(9-16(25-2)18(15)26-3)19(23)21-17-10-14(22-27-17)11-4-6-13(20)7-5-11/h4-10H,1-3H3,(H,21,23). The molecule has 3 rings (SSSR count). The van der Waals surface area contributed by atoms with Crippen molar-refractivity contribution in [2.75, 3.05) is 26.6 Å². The second-order valence-corrected chi connectivity index (χ2v) is 5.89. The van der Waals surface area contributed by atoms with Gasteiger partial charge in [-0.25, -0.2) is 0 Å². The van der Waals surface area contributed by atoms with E-state index in [2.05, 4.69) is 10.5 Å². The number of rotatable bonds is 6. The molecule has 1 amide bonds. The van der Waals surface area contributed by atoms with Crippen LogP contribution in [0.4, 0.5) is 5.88 Å². The van der Waals surface area contributed by atoms with Gasteiger partial charge in [-0.1, -0.05) is 28.9 Å². The molecule has 0 aliphatic carbocycles. The molecule has 140 valence electrons. The van der Waals surface area contributed by atoms with E-state index in [1.807, 2.05) is 12.1 Å². The molecule has 0 spiro atoms. The van der Waals surface area contributed by atoms with Gasteiger partial charge in [0.15, 0.2) is 11.5 Å². The molecule has 0 saturated heterocycles. The predicted octanol–water partition coefficient (Wildman–Crippen LogP) is 4.27. The van der Waals surface area contributed by atoms with Crippen molar-refractivity contribution in [2.24, 2.45) is 0 Å². The molecule has 3 aromatic rings. The van der Waals surface area contributed by atoms with E-state index in [0.717, 1.165) is 5.56 Å². The molecule has 8 heteroatoms. The van der Waals surface area contributed by atoms with Crippen LogP contribution >= 0.6 is 11.6 Å². The Morgan fingerprint density at radius 2 is 1.63 bits per heavy atom. The summed E-state index contributed by atoms with van der Waals surface area (Å²) in [5.41, 5.74) is 1.71. The van der Waals surface area contributed by atoms with Crippen molar-refractivity contribution in [1.29, 1.82) is 0 Å². The van der Waals surface area contributed by atoms with Crippen LogP contribution in [0, 0.1) is 0 Å². The van der Waals surface area contributed by atoms with Gasteiger partial charge in [-0.05, 0) is 24.3 Å². The van der Waals surface area contributed by atoms with E-state index in [1.165, 1.54) is 21.3 Å². The first-order valence-electron chi connectivity index (χ1n) is 7.89. The van der Waals surface area contributed by atoms with E-state index in [4.69, 9.17) is 30.3 Å². The molecular formula is C19H17ClN2O5. The molecule has 1 N–H and O–H groups in total. The average Bonchev–Trinajstić information content (AvgIpc) is 3.15. The van der Waals surface area contributed by atoms with Crippen LogP contribution < -0.4 is 19.5 Å². The number of halogens is 1. The fourth-order valence-corrected chi connectivity index (χ4v) is 2.61. The SMILES string of the molecule is COc1cc(C(=O)Nc2cc(-c3ccc(Cl)cc3)no2)cc(OC)c1OC. The smallest absolute Gasteiger partial charge is 0.258 e. The van der Waals surface area contributed by atoms with Crippen LogP contribution in [0.1, 0.15) is 10.4 Å². The highest BCUT2D eigenvalue weighted by Gasteiger charge is 2.18. The highest BCUT2D eigenvalue weighted by Crippen LogP contribution is 2.38. The van der Waals surface area contributed by atoms with E-state index < -0.39 is 5.91 Å². The maximum absolute atomic E-state index is 12.6. The van der Waals surface area contributed by atoms with Gasteiger partial charge in [-0.3, -0.25) is 10.1 Å². The average molecular weight is 389 g/mol. The van der Waals surface area contributed by atoms with Gasteiger partial charge >= 0.3 is 0 Å². The predicted molar refractivity (Wildman–Crippen MR) is 101 cm³/mol. The first-order valence-corrected chi connectivity index (χ1v) is 8.27. The van der Waals surface area contributed by atoms with E-state index in [-0.39, 0.29) is 5.88 Å². The number of ether oxygens (including phenoxy) is 3. The van der Waals surface area contributed by atoms with Crippen molar-refractivity contribution < 1.29 is 23.5 Å². The minimum absolute atomic E-state index is 0.207. The number of aromatic nitrogens is 1. The first-order chi connectivity index (χ1) is 13.0. The van der Waals surface area contributed by atoms with Crippen molar-refractivity contribution in [2.45, 2.75) is 0 Å². The van der Waals surface area contributed by atoms with Gasteiger partial charge in [0.1, 0.15) is 5.69 Å². The second kappa shape index (κ2) is 8.01. The summed E-state index contributed by atoms with van der Waals surface area (Å²) in [6.07, 6.45) is 0. The fraction of sp³-hybridized carbons (Fsp3) is 0.158. The molecule has 0 radical (unpaired) electrons. The number of carbonyl (C=O) groups is 1. The van der Waals surface area contributed by atoms with Crippen LogP contribution in [0.15, 0.2) is 47.0 Å². The fourth-order valence-electron chi connectivity index (χ4n) is 2.49. The lowest BCUT2D eigenvalue weighted by atomic mass is 10.1. The maximum atomic E-state index is 12.6. The Morgan fingerprint density at radius 1 is 1.00 bits per heavy atom. The largest absolute Gasteiger partial charge is 0.493 e. The lowest BCUT2D eigenvalue weighted by molar-refractivity contribution is 0.102. The highest BCUT2D eigenvalue weighted by atomic mass is 35.5. The second-order valence-electron chi connectivity index (χ2n) is 5.45. The summed E-state index contributed by atoms with van der Waals surface area (Å²) in [6.45, 7) is 0. The molecule has 0 aliphatic heterocycles. The van der Waals surface area contributed by atoms with Gasteiger partial charge in [0.25, 0.3) is 5.91 Å². The van der Waals surface area contributed by atoms with Crippen LogP contribution in [-0.2, 0) is 0 Å². The number of anilines is 1. The summed E-state index contributed by atoms with van der Waals surface area (Å²) in [5, 5.41) is 7.23. The molecule has 0 saturated carbocycles. The molecule has 2 aromatic carbocycles. The molecule has 0 unspecified atom stereocenters. The van der Waals surface area contributed by atoms with Gasteiger partial charge < -0.3 is 18.7 Å². The maximum Gasteiger partial charge on any atom is 0.258 e. The van der Waals surface area contributed by atoms with Crippen LogP contribution in [0.25, 0.3) is 11.3 Å². The Morgan fingerprint density at radius 3 is 2.19 bits per heavy atom. The van der Waals surface area contributed by atoms with Gasteiger partial charge in [0.2, 0.25) is 11.6 Å². The van der Waals surface area contributed by atoms with E-state index in [9.17, 15) is 4.79 Å². The molecule has 1 heterocycles. The summed E-state index contributed by atoms with van der Waals surface area (Å²) >= 11 is 5.88. The van der Waals surface area contributed by atoms with Crippen molar-refractivity contribution in [3.63, 3.8) is 0 Å².